The van der Waals surface area contributed by atoms with Crippen molar-refractivity contribution in [3.8, 4) is 11.3 Å². The molecule has 1 fully saturated rings. The number of hydrogen-bond acceptors (Lipinski definition) is 6. The summed E-state index contributed by atoms with van der Waals surface area (Å²) in [5.74, 6) is 0.802. The van der Waals surface area contributed by atoms with E-state index in [9.17, 15) is 4.79 Å². The van der Waals surface area contributed by atoms with Crippen LogP contribution in [0.15, 0.2) is 47.2 Å². The van der Waals surface area contributed by atoms with Crippen molar-refractivity contribution >= 4 is 5.91 Å². The van der Waals surface area contributed by atoms with E-state index in [1.165, 1.54) is 0 Å². The van der Waals surface area contributed by atoms with Crippen LogP contribution in [0.4, 0.5) is 0 Å². The minimum Gasteiger partial charge on any atom is -0.368 e. The Bertz CT molecular complexity index is 971. The highest BCUT2D eigenvalue weighted by atomic mass is 16.5. The first kappa shape index (κ1) is 18.3. The monoisotopic (exact) mass is 378 g/mol. The number of hydrogen-bond donors (Lipinski definition) is 0. The lowest BCUT2D eigenvalue weighted by atomic mass is 10.1. The standard InChI is InChI=1S/C21H22N4O3/c1-3-18-20(14(2)24-28-18)17-6-4-5-16(23-17)19-13-25(11-12-27-19)21(26)15-7-9-22-10-8-15/h4-10,19H,3,11-13H2,1-2H3/t19-/m0/s1. The quantitative estimate of drug-likeness (QED) is 0.693. The first-order valence-corrected chi connectivity index (χ1v) is 9.40. The Morgan fingerprint density at radius 1 is 1.25 bits per heavy atom. The number of aryl methyl sites for hydroxylation is 2. The third-order valence-corrected chi connectivity index (χ3v) is 4.89. The molecular weight excluding hydrogens is 356 g/mol. The van der Waals surface area contributed by atoms with Crippen LogP contribution in [0, 0.1) is 6.92 Å². The van der Waals surface area contributed by atoms with Crippen LogP contribution in [-0.2, 0) is 11.2 Å². The van der Waals surface area contributed by atoms with Crippen LogP contribution in [0.1, 0.15) is 40.5 Å². The molecule has 4 rings (SSSR count). The molecule has 0 N–H and O–H groups in total. The van der Waals surface area contributed by atoms with Crippen molar-refractivity contribution in [2.45, 2.75) is 26.4 Å². The SMILES string of the molecule is CCc1onc(C)c1-c1cccc([C@@H]2CN(C(=O)c3ccncc3)CCO2)n1. The van der Waals surface area contributed by atoms with Crippen LogP contribution >= 0.6 is 0 Å². The molecule has 1 saturated heterocycles. The highest BCUT2D eigenvalue weighted by molar-refractivity contribution is 5.94. The molecule has 1 amide bonds. The maximum absolute atomic E-state index is 12.8. The van der Waals surface area contributed by atoms with E-state index in [1.807, 2.05) is 32.0 Å². The zero-order valence-corrected chi connectivity index (χ0v) is 16.0. The van der Waals surface area contributed by atoms with E-state index in [1.54, 1.807) is 29.4 Å². The number of ether oxygens (including phenoxy) is 1. The first-order chi connectivity index (χ1) is 13.7. The van der Waals surface area contributed by atoms with Crippen LogP contribution in [0.3, 0.4) is 0 Å². The van der Waals surface area contributed by atoms with Crippen LogP contribution in [-0.4, -0.2) is 45.6 Å². The number of pyridine rings is 2. The number of amides is 1. The summed E-state index contributed by atoms with van der Waals surface area (Å²) in [6.07, 6.45) is 3.73. The molecule has 0 aromatic carbocycles. The highest BCUT2D eigenvalue weighted by Gasteiger charge is 2.27. The summed E-state index contributed by atoms with van der Waals surface area (Å²) < 4.78 is 11.3. The van der Waals surface area contributed by atoms with Gasteiger partial charge in [0, 0.05) is 30.9 Å². The summed E-state index contributed by atoms with van der Waals surface area (Å²) in [7, 11) is 0. The predicted molar refractivity (Wildman–Crippen MR) is 103 cm³/mol. The summed E-state index contributed by atoms with van der Waals surface area (Å²) in [4.78, 5) is 23.3. The van der Waals surface area contributed by atoms with Gasteiger partial charge in [-0.25, -0.2) is 4.98 Å². The zero-order valence-electron chi connectivity index (χ0n) is 16.0. The minimum atomic E-state index is -0.273. The Morgan fingerprint density at radius 3 is 2.86 bits per heavy atom. The molecular formula is C21H22N4O3. The smallest absolute Gasteiger partial charge is 0.254 e. The predicted octanol–water partition coefficient (Wildman–Crippen LogP) is 3.22. The molecule has 1 aliphatic heterocycles. The maximum Gasteiger partial charge on any atom is 0.254 e. The van der Waals surface area contributed by atoms with Gasteiger partial charge in [0.15, 0.2) is 0 Å². The van der Waals surface area contributed by atoms with Gasteiger partial charge in [-0.1, -0.05) is 18.1 Å². The van der Waals surface area contributed by atoms with Crippen molar-refractivity contribution in [1.29, 1.82) is 0 Å². The Hall–Kier alpha value is -3.06. The van der Waals surface area contributed by atoms with E-state index >= 15 is 0 Å². The molecule has 1 aliphatic rings. The fraction of sp³-hybridized carbons (Fsp3) is 0.333. The zero-order chi connectivity index (χ0) is 19.5. The highest BCUT2D eigenvalue weighted by Crippen LogP contribution is 2.29. The molecule has 0 saturated carbocycles. The summed E-state index contributed by atoms with van der Waals surface area (Å²) in [6.45, 7) is 5.43. The summed E-state index contributed by atoms with van der Waals surface area (Å²) >= 11 is 0. The van der Waals surface area contributed by atoms with Gasteiger partial charge in [0.2, 0.25) is 0 Å². The number of morpholine rings is 1. The summed E-state index contributed by atoms with van der Waals surface area (Å²) in [5, 5.41) is 4.07. The number of carbonyl (C=O) groups is 1. The van der Waals surface area contributed by atoms with Crippen molar-refractivity contribution < 1.29 is 14.1 Å². The van der Waals surface area contributed by atoms with Gasteiger partial charge in [0.25, 0.3) is 5.91 Å². The molecule has 0 spiro atoms. The summed E-state index contributed by atoms with van der Waals surface area (Å²) in [6, 6.07) is 9.30. The Kier molecular flexibility index (Phi) is 5.16. The lowest BCUT2D eigenvalue weighted by Crippen LogP contribution is -2.42. The number of nitrogens with zero attached hydrogens (tertiary/aromatic N) is 4. The number of carbonyl (C=O) groups excluding carboxylic acids is 1. The largest absolute Gasteiger partial charge is 0.368 e. The molecule has 0 unspecified atom stereocenters. The average molecular weight is 378 g/mol. The van der Waals surface area contributed by atoms with Crippen molar-refractivity contribution in [2.75, 3.05) is 19.7 Å². The molecule has 0 aliphatic carbocycles. The average Bonchev–Trinajstić information content (AvgIpc) is 3.14. The second kappa shape index (κ2) is 7.90. The molecule has 7 heteroatoms. The molecule has 0 radical (unpaired) electrons. The maximum atomic E-state index is 12.8. The Balaban J connectivity index is 1.58. The van der Waals surface area contributed by atoms with Gasteiger partial charge in [-0.2, -0.15) is 0 Å². The fourth-order valence-corrected chi connectivity index (χ4v) is 3.45. The van der Waals surface area contributed by atoms with Crippen LogP contribution in [0.5, 0.6) is 0 Å². The molecule has 1 atom stereocenters. The lowest BCUT2D eigenvalue weighted by molar-refractivity contribution is -0.0246. The van der Waals surface area contributed by atoms with Gasteiger partial charge < -0.3 is 14.2 Å². The van der Waals surface area contributed by atoms with Crippen LogP contribution < -0.4 is 0 Å². The van der Waals surface area contributed by atoms with E-state index < -0.39 is 0 Å². The number of aromatic nitrogens is 3. The third-order valence-electron chi connectivity index (χ3n) is 4.89. The normalized spacial score (nSPS) is 16.9. The van der Waals surface area contributed by atoms with Crippen molar-refractivity contribution in [3.63, 3.8) is 0 Å². The summed E-state index contributed by atoms with van der Waals surface area (Å²) in [5.41, 5.74) is 4.00. The van der Waals surface area contributed by atoms with Gasteiger partial charge >= 0.3 is 0 Å². The van der Waals surface area contributed by atoms with Crippen LogP contribution in [0.2, 0.25) is 0 Å². The van der Waals surface area contributed by atoms with E-state index in [2.05, 4.69) is 10.1 Å². The molecule has 4 heterocycles. The topological polar surface area (TPSA) is 81.4 Å². The second-order valence-corrected chi connectivity index (χ2v) is 6.71. The van der Waals surface area contributed by atoms with Crippen LogP contribution in [0.25, 0.3) is 11.3 Å². The minimum absolute atomic E-state index is 0.0185. The first-order valence-electron chi connectivity index (χ1n) is 9.40. The van der Waals surface area contributed by atoms with Gasteiger partial charge in [-0.15, -0.1) is 0 Å². The molecule has 7 nitrogen and oxygen atoms in total. The van der Waals surface area contributed by atoms with Crippen molar-refractivity contribution in [1.82, 2.24) is 20.0 Å². The van der Waals surface area contributed by atoms with Crippen molar-refractivity contribution in [2.24, 2.45) is 0 Å². The Labute approximate surface area is 163 Å². The van der Waals surface area contributed by atoms with Gasteiger partial charge in [-0.05, 0) is 31.2 Å². The molecule has 28 heavy (non-hydrogen) atoms. The van der Waals surface area contributed by atoms with Crippen molar-refractivity contribution in [3.05, 3.63) is 65.4 Å². The van der Waals surface area contributed by atoms with E-state index in [0.29, 0.717) is 25.3 Å². The lowest BCUT2D eigenvalue weighted by Gasteiger charge is -2.32. The van der Waals surface area contributed by atoms with E-state index in [4.69, 9.17) is 14.2 Å². The fourth-order valence-electron chi connectivity index (χ4n) is 3.45. The van der Waals surface area contributed by atoms with E-state index in [-0.39, 0.29) is 12.0 Å². The second-order valence-electron chi connectivity index (χ2n) is 6.71. The molecule has 0 bridgehead atoms. The molecule has 144 valence electrons. The van der Waals surface area contributed by atoms with Gasteiger partial charge in [0.05, 0.1) is 35.8 Å². The molecule has 3 aromatic heterocycles. The Morgan fingerprint density at radius 2 is 2.07 bits per heavy atom. The molecule has 3 aromatic rings. The van der Waals surface area contributed by atoms with Gasteiger partial charge in [0.1, 0.15) is 11.9 Å². The van der Waals surface area contributed by atoms with E-state index in [0.717, 1.165) is 34.8 Å². The number of rotatable bonds is 4. The third kappa shape index (κ3) is 3.53. The van der Waals surface area contributed by atoms with Gasteiger partial charge in [-0.3, -0.25) is 9.78 Å².